The number of halogens is 4. The van der Waals surface area contributed by atoms with Gasteiger partial charge in [0.25, 0.3) is 0 Å². The molecule has 2 heterocycles. The lowest BCUT2D eigenvalue weighted by atomic mass is 10.3. The summed E-state index contributed by atoms with van der Waals surface area (Å²) in [6.45, 7) is 2.09. The fourth-order valence-corrected chi connectivity index (χ4v) is 2.08. The minimum Gasteiger partial charge on any atom is -0.382 e. The molecule has 19 heavy (non-hydrogen) atoms. The summed E-state index contributed by atoms with van der Waals surface area (Å²) < 4.78 is 38.4. The minimum absolute atomic E-state index is 0.0231. The van der Waals surface area contributed by atoms with Crippen LogP contribution in [-0.2, 0) is 0 Å². The molecule has 0 unspecified atom stereocenters. The van der Waals surface area contributed by atoms with Crippen LogP contribution in [0.4, 0.5) is 18.9 Å². The smallest absolute Gasteiger partial charge is 0.382 e. The molecule has 2 rings (SSSR count). The van der Waals surface area contributed by atoms with Crippen LogP contribution in [0, 0.1) is 6.92 Å². The van der Waals surface area contributed by atoms with Crippen molar-refractivity contribution in [2.24, 2.45) is 0 Å². The summed E-state index contributed by atoms with van der Waals surface area (Å²) in [7, 11) is 0. The molecule has 0 radical (unpaired) electrons. The molecule has 0 saturated heterocycles. The molecule has 0 aliphatic carbocycles. The third kappa shape index (κ3) is 3.59. The van der Waals surface area contributed by atoms with Crippen molar-refractivity contribution < 1.29 is 13.2 Å². The van der Waals surface area contributed by atoms with Gasteiger partial charge in [-0.05, 0) is 35.3 Å². The Kier molecular flexibility index (Phi) is 3.98. The van der Waals surface area contributed by atoms with E-state index in [1.54, 1.807) is 16.8 Å². The lowest BCUT2D eigenvalue weighted by Crippen LogP contribution is -2.11. The first-order valence-corrected chi connectivity index (χ1v) is 6.47. The molecular weight excluding hydrogens is 325 g/mol. The van der Waals surface area contributed by atoms with Gasteiger partial charge in [-0.25, -0.2) is 9.50 Å². The summed E-state index contributed by atoms with van der Waals surface area (Å²) in [6, 6.07) is 1.70. The normalized spacial score (nSPS) is 12.1. The van der Waals surface area contributed by atoms with Gasteiger partial charge < -0.3 is 5.32 Å². The molecule has 4 nitrogen and oxygen atoms in total. The number of nitrogens with one attached hydrogen (secondary N) is 1. The van der Waals surface area contributed by atoms with Crippen LogP contribution in [-0.4, -0.2) is 27.3 Å². The van der Waals surface area contributed by atoms with E-state index in [0.29, 0.717) is 15.9 Å². The van der Waals surface area contributed by atoms with E-state index in [2.05, 4.69) is 31.3 Å². The van der Waals surface area contributed by atoms with Crippen LogP contribution in [0.5, 0.6) is 0 Å². The summed E-state index contributed by atoms with van der Waals surface area (Å²) in [5.74, 6) is 0. The van der Waals surface area contributed by atoms with E-state index >= 15 is 0 Å². The predicted molar refractivity (Wildman–Crippen MR) is 69.2 cm³/mol. The first-order valence-electron chi connectivity index (χ1n) is 5.68. The second kappa shape index (κ2) is 5.36. The van der Waals surface area contributed by atoms with E-state index in [4.69, 9.17) is 0 Å². The van der Waals surface area contributed by atoms with Gasteiger partial charge >= 0.3 is 6.18 Å². The highest BCUT2D eigenvalue weighted by Crippen LogP contribution is 2.23. The zero-order valence-corrected chi connectivity index (χ0v) is 11.7. The summed E-state index contributed by atoms with van der Waals surface area (Å²) in [4.78, 5) is 4.18. The van der Waals surface area contributed by atoms with Gasteiger partial charge in [0.2, 0.25) is 0 Å². The Morgan fingerprint density at radius 3 is 2.84 bits per heavy atom. The van der Waals surface area contributed by atoms with Crippen LogP contribution < -0.4 is 5.32 Å². The van der Waals surface area contributed by atoms with Gasteiger partial charge in [0.15, 0.2) is 5.65 Å². The maximum Gasteiger partial charge on any atom is 0.389 e. The average Bonchev–Trinajstić information content (AvgIpc) is 2.65. The Bertz CT molecular complexity index is 579. The van der Waals surface area contributed by atoms with E-state index < -0.39 is 12.6 Å². The Labute approximate surface area is 116 Å². The van der Waals surface area contributed by atoms with Crippen LogP contribution in [0.3, 0.4) is 0 Å². The number of aromatic nitrogens is 3. The SMILES string of the molecule is Cc1cnc2c(NCCCC(F)(F)F)cc(Br)nn12. The lowest BCUT2D eigenvalue weighted by Gasteiger charge is -2.09. The maximum absolute atomic E-state index is 12.0. The Morgan fingerprint density at radius 1 is 1.42 bits per heavy atom. The van der Waals surface area contributed by atoms with Gasteiger partial charge in [-0.1, -0.05) is 0 Å². The van der Waals surface area contributed by atoms with E-state index in [0.717, 1.165) is 5.69 Å². The van der Waals surface area contributed by atoms with Crippen LogP contribution in [0.1, 0.15) is 18.5 Å². The standard InChI is InChI=1S/C11H12BrF3N4/c1-7-6-17-10-8(5-9(12)18-19(7)10)16-4-2-3-11(13,14)15/h5-6,16H,2-4H2,1H3. The predicted octanol–water partition coefficient (Wildman–Crippen LogP) is 3.55. The molecule has 0 atom stereocenters. The Morgan fingerprint density at radius 2 is 2.16 bits per heavy atom. The molecule has 8 heteroatoms. The largest absolute Gasteiger partial charge is 0.389 e. The summed E-state index contributed by atoms with van der Waals surface area (Å²) in [5, 5.41) is 7.18. The highest BCUT2D eigenvalue weighted by Gasteiger charge is 2.25. The van der Waals surface area contributed by atoms with Gasteiger partial charge in [0.05, 0.1) is 17.6 Å². The molecule has 2 aromatic rings. The van der Waals surface area contributed by atoms with Crippen molar-refractivity contribution >= 4 is 27.3 Å². The van der Waals surface area contributed by atoms with Crippen LogP contribution in [0.15, 0.2) is 16.9 Å². The highest BCUT2D eigenvalue weighted by atomic mass is 79.9. The number of anilines is 1. The number of hydrogen-bond acceptors (Lipinski definition) is 3. The van der Waals surface area contributed by atoms with Crippen molar-refractivity contribution in [3.63, 3.8) is 0 Å². The van der Waals surface area contributed by atoms with Crippen molar-refractivity contribution in [3.8, 4) is 0 Å². The van der Waals surface area contributed by atoms with Crippen LogP contribution in [0.2, 0.25) is 0 Å². The average molecular weight is 337 g/mol. The van der Waals surface area contributed by atoms with Gasteiger partial charge in [0, 0.05) is 13.0 Å². The number of nitrogens with zero attached hydrogens (tertiary/aromatic N) is 3. The summed E-state index contributed by atoms with van der Waals surface area (Å²) in [6.07, 6.45) is -3.22. The fraction of sp³-hybridized carbons (Fsp3) is 0.455. The van der Waals surface area contributed by atoms with E-state index in [-0.39, 0.29) is 13.0 Å². The molecule has 0 amide bonds. The molecule has 0 spiro atoms. The number of imidazole rings is 1. The van der Waals surface area contributed by atoms with Gasteiger partial charge in [-0.15, -0.1) is 0 Å². The Balaban J connectivity index is 2.08. The molecule has 0 fully saturated rings. The van der Waals surface area contributed by atoms with E-state index in [9.17, 15) is 13.2 Å². The number of aryl methyl sites for hydroxylation is 1. The third-order valence-corrected chi connectivity index (χ3v) is 2.95. The van der Waals surface area contributed by atoms with Crippen molar-refractivity contribution in [2.75, 3.05) is 11.9 Å². The molecule has 0 aliphatic heterocycles. The summed E-state index contributed by atoms with van der Waals surface area (Å²) in [5.41, 5.74) is 2.12. The monoisotopic (exact) mass is 336 g/mol. The van der Waals surface area contributed by atoms with Crippen molar-refractivity contribution in [3.05, 3.63) is 22.6 Å². The molecule has 2 aromatic heterocycles. The van der Waals surface area contributed by atoms with Crippen molar-refractivity contribution in [2.45, 2.75) is 25.9 Å². The van der Waals surface area contributed by atoms with Crippen LogP contribution in [0.25, 0.3) is 5.65 Å². The van der Waals surface area contributed by atoms with E-state index in [1.807, 2.05) is 6.92 Å². The highest BCUT2D eigenvalue weighted by molar-refractivity contribution is 9.10. The zero-order valence-electron chi connectivity index (χ0n) is 10.1. The minimum atomic E-state index is -4.11. The van der Waals surface area contributed by atoms with E-state index in [1.165, 1.54) is 0 Å². The molecule has 0 aliphatic rings. The first kappa shape index (κ1) is 14.1. The van der Waals surface area contributed by atoms with Crippen molar-refractivity contribution in [1.82, 2.24) is 14.6 Å². The number of alkyl halides is 3. The number of hydrogen-bond donors (Lipinski definition) is 1. The van der Waals surface area contributed by atoms with Crippen molar-refractivity contribution in [1.29, 1.82) is 0 Å². The summed E-state index contributed by atoms with van der Waals surface area (Å²) >= 11 is 3.26. The van der Waals surface area contributed by atoms with Gasteiger partial charge in [0.1, 0.15) is 4.60 Å². The first-order chi connectivity index (χ1) is 8.87. The van der Waals surface area contributed by atoms with Gasteiger partial charge in [-0.3, -0.25) is 0 Å². The second-order valence-corrected chi connectivity index (χ2v) is 4.97. The topological polar surface area (TPSA) is 42.2 Å². The third-order valence-electron chi connectivity index (χ3n) is 2.56. The fourth-order valence-electron chi connectivity index (χ4n) is 1.69. The molecule has 1 N–H and O–H groups in total. The number of fused-ring (bicyclic) bond motifs is 1. The molecule has 0 saturated carbocycles. The second-order valence-electron chi connectivity index (χ2n) is 4.16. The lowest BCUT2D eigenvalue weighted by molar-refractivity contribution is -0.134. The molecule has 104 valence electrons. The Hall–Kier alpha value is -1.31. The van der Waals surface area contributed by atoms with Crippen LogP contribution >= 0.6 is 15.9 Å². The zero-order chi connectivity index (χ0) is 14.0. The van der Waals surface area contributed by atoms with Gasteiger partial charge in [-0.2, -0.15) is 18.3 Å². The molecule has 0 aromatic carbocycles. The molecule has 0 bridgehead atoms. The quantitative estimate of drug-likeness (QED) is 0.868. The number of rotatable bonds is 4. The maximum atomic E-state index is 12.0. The molecular formula is C11H12BrF3N4.